The Hall–Kier alpha value is -0.450. The number of likely N-dealkylation sites (tertiary alicyclic amines) is 1. The smallest absolute Gasteiger partial charge is 0.123 e. The fourth-order valence-corrected chi connectivity index (χ4v) is 3.95. The Bertz CT molecular complexity index is 452. The first-order chi connectivity index (χ1) is 10.2. The van der Waals surface area contributed by atoms with Gasteiger partial charge in [0.15, 0.2) is 0 Å². The van der Waals surface area contributed by atoms with E-state index in [9.17, 15) is 4.39 Å². The molecule has 1 saturated heterocycles. The minimum atomic E-state index is -0.190. The van der Waals surface area contributed by atoms with Gasteiger partial charge in [0.05, 0.1) is 0 Å². The fraction of sp³-hybridized carbons (Fsp3) is 0.647. The molecule has 0 amide bonds. The van der Waals surface area contributed by atoms with Crippen LogP contribution < -0.4 is 5.73 Å². The van der Waals surface area contributed by atoms with E-state index in [-0.39, 0.29) is 11.9 Å². The molecule has 1 aromatic rings. The highest BCUT2D eigenvalue weighted by Gasteiger charge is 2.24. The van der Waals surface area contributed by atoms with E-state index < -0.39 is 0 Å². The molecule has 0 radical (unpaired) electrons. The van der Waals surface area contributed by atoms with Crippen LogP contribution >= 0.6 is 15.9 Å². The molecule has 2 nitrogen and oxygen atoms in total. The molecule has 0 aromatic heterocycles. The van der Waals surface area contributed by atoms with E-state index in [0.29, 0.717) is 6.54 Å². The zero-order valence-corrected chi connectivity index (χ0v) is 14.4. The third-order valence-corrected chi connectivity index (χ3v) is 5.28. The average molecular weight is 357 g/mol. The Morgan fingerprint density at radius 1 is 1.38 bits per heavy atom. The van der Waals surface area contributed by atoms with Gasteiger partial charge in [0.1, 0.15) is 5.82 Å². The molecule has 2 rings (SSSR count). The quantitative estimate of drug-likeness (QED) is 0.841. The lowest BCUT2D eigenvalue weighted by Gasteiger charge is -2.31. The number of hydrogen-bond donors (Lipinski definition) is 1. The number of nitrogens with zero attached hydrogens (tertiary/aromatic N) is 1. The van der Waals surface area contributed by atoms with Gasteiger partial charge in [-0.1, -0.05) is 35.7 Å². The van der Waals surface area contributed by atoms with Crippen molar-refractivity contribution < 1.29 is 4.39 Å². The largest absolute Gasteiger partial charge is 0.329 e. The molecule has 0 bridgehead atoms. The molecule has 0 aliphatic carbocycles. The Morgan fingerprint density at radius 3 is 2.90 bits per heavy atom. The second-order valence-corrected chi connectivity index (χ2v) is 6.89. The fourth-order valence-electron chi connectivity index (χ4n) is 3.44. The van der Waals surface area contributed by atoms with Crippen LogP contribution in [0.3, 0.4) is 0 Å². The Labute approximate surface area is 136 Å². The summed E-state index contributed by atoms with van der Waals surface area (Å²) in [5, 5.41) is 0. The number of rotatable bonds is 5. The minimum absolute atomic E-state index is 0.107. The third kappa shape index (κ3) is 4.51. The third-order valence-electron chi connectivity index (χ3n) is 4.56. The van der Waals surface area contributed by atoms with E-state index in [1.807, 2.05) is 0 Å². The van der Waals surface area contributed by atoms with E-state index in [0.717, 1.165) is 29.0 Å². The van der Waals surface area contributed by atoms with Crippen LogP contribution in [-0.2, 0) is 0 Å². The van der Waals surface area contributed by atoms with Crippen LogP contribution in [0.1, 0.15) is 50.6 Å². The van der Waals surface area contributed by atoms with Crippen molar-refractivity contribution in [2.75, 3.05) is 19.6 Å². The molecule has 2 unspecified atom stereocenters. The van der Waals surface area contributed by atoms with E-state index >= 15 is 0 Å². The second-order valence-electron chi connectivity index (χ2n) is 6.04. The van der Waals surface area contributed by atoms with E-state index in [2.05, 4.69) is 27.8 Å². The van der Waals surface area contributed by atoms with Crippen molar-refractivity contribution in [2.24, 2.45) is 11.7 Å². The molecule has 21 heavy (non-hydrogen) atoms. The van der Waals surface area contributed by atoms with Crippen molar-refractivity contribution in [3.05, 3.63) is 34.1 Å². The highest BCUT2D eigenvalue weighted by atomic mass is 79.9. The van der Waals surface area contributed by atoms with Crippen molar-refractivity contribution in [3.63, 3.8) is 0 Å². The molecular weight excluding hydrogens is 331 g/mol. The van der Waals surface area contributed by atoms with Gasteiger partial charge >= 0.3 is 0 Å². The predicted octanol–water partition coefficient (Wildman–Crippen LogP) is 4.49. The summed E-state index contributed by atoms with van der Waals surface area (Å²) in [6.07, 6.45) is 6.35. The molecule has 2 N–H and O–H groups in total. The number of benzene rings is 1. The molecule has 1 fully saturated rings. The molecule has 1 aliphatic rings. The maximum absolute atomic E-state index is 13.6. The van der Waals surface area contributed by atoms with Crippen molar-refractivity contribution in [3.8, 4) is 0 Å². The summed E-state index contributed by atoms with van der Waals surface area (Å²) in [4.78, 5) is 2.44. The molecule has 0 spiro atoms. The van der Waals surface area contributed by atoms with Crippen LogP contribution in [-0.4, -0.2) is 24.5 Å². The zero-order chi connectivity index (χ0) is 15.2. The number of hydrogen-bond acceptors (Lipinski definition) is 2. The van der Waals surface area contributed by atoms with Crippen LogP contribution in [0.5, 0.6) is 0 Å². The van der Waals surface area contributed by atoms with Crippen LogP contribution in [0.4, 0.5) is 4.39 Å². The van der Waals surface area contributed by atoms with Gasteiger partial charge in [-0.2, -0.15) is 0 Å². The Morgan fingerprint density at radius 2 is 2.19 bits per heavy atom. The summed E-state index contributed by atoms with van der Waals surface area (Å²) in [7, 11) is 0. The highest BCUT2D eigenvalue weighted by molar-refractivity contribution is 9.10. The van der Waals surface area contributed by atoms with Gasteiger partial charge in [-0.25, -0.2) is 4.39 Å². The van der Waals surface area contributed by atoms with Crippen LogP contribution in [0.2, 0.25) is 0 Å². The molecule has 2 atom stereocenters. The van der Waals surface area contributed by atoms with Gasteiger partial charge in [0.2, 0.25) is 0 Å². The maximum Gasteiger partial charge on any atom is 0.123 e. The monoisotopic (exact) mass is 356 g/mol. The zero-order valence-electron chi connectivity index (χ0n) is 12.8. The van der Waals surface area contributed by atoms with Crippen molar-refractivity contribution >= 4 is 15.9 Å². The molecule has 4 heteroatoms. The average Bonchev–Trinajstić information content (AvgIpc) is 2.70. The minimum Gasteiger partial charge on any atom is -0.329 e. The van der Waals surface area contributed by atoms with Gasteiger partial charge in [-0.05, 0) is 62.0 Å². The summed E-state index contributed by atoms with van der Waals surface area (Å²) in [5.74, 6) is 0.653. The van der Waals surface area contributed by atoms with E-state index in [4.69, 9.17) is 5.73 Å². The summed E-state index contributed by atoms with van der Waals surface area (Å²) in [5.41, 5.74) is 6.99. The van der Waals surface area contributed by atoms with Gasteiger partial charge in [-0.15, -0.1) is 0 Å². The summed E-state index contributed by atoms with van der Waals surface area (Å²) in [6.45, 7) is 4.91. The molecule has 1 aliphatic heterocycles. The summed E-state index contributed by atoms with van der Waals surface area (Å²) < 4.78 is 14.5. The molecular formula is C17H26BrFN2. The number of halogens is 2. The highest BCUT2D eigenvalue weighted by Crippen LogP contribution is 2.31. The predicted molar refractivity (Wildman–Crippen MR) is 89.7 cm³/mol. The van der Waals surface area contributed by atoms with Gasteiger partial charge in [0.25, 0.3) is 0 Å². The van der Waals surface area contributed by atoms with Crippen LogP contribution in [0, 0.1) is 11.7 Å². The first kappa shape index (κ1) is 16.9. The van der Waals surface area contributed by atoms with Crippen molar-refractivity contribution in [1.29, 1.82) is 0 Å². The standard InChI is InChI=1S/C17H26BrFN2/c1-2-4-13-5-3-9-21(10-8-13)17(12-20)15-11-14(19)6-7-16(15)18/h6-7,11,13,17H,2-5,8-10,12,20H2,1H3. The lowest BCUT2D eigenvalue weighted by Crippen LogP contribution is -2.35. The summed E-state index contributed by atoms with van der Waals surface area (Å²) in [6, 6.07) is 5.00. The Kier molecular flexibility index (Phi) is 6.65. The van der Waals surface area contributed by atoms with Crippen molar-refractivity contribution in [2.45, 2.75) is 45.1 Å². The lowest BCUT2D eigenvalue weighted by atomic mass is 9.96. The topological polar surface area (TPSA) is 29.3 Å². The molecule has 0 saturated carbocycles. The van der Waals surface area contributed by atoms with Crippen molar-refractivity contribution in [1.82, 2.24) is 4.90 Å². The molecule has 1 aromatic carbocycles. The lowest BCUT2D eigenvalue weighted by molar-refractivity contribution is 0.205. The van der Waals surface area contributed by atoms with E-state index in [1.165, 1.54) is 38.2 Å². The first-order valence-electron chi connectivity index (χ1n) is 8.04. The van der Waals surface area contributed by atoms with E-state index in [1.54, 1.807) is 12.1 Å². The Balaban J connectivity index is 2.12. The SMILES string of the molecule is CCCC1CCCN(C(CN)c2cc(F)ccc2Br)CC1. The van der Waals surface area contributed by atoms with Gasteiger partial charge in [0, 0.05) is 17.1 Å². The first-order valence-corrected chi connectivity index (χ1v) is 8.84. The number of nitrogens with two attached hydrogens (primary N) is 1. The second kappa shape index (κ2) is 8.25. The van der Waals surface area contributed by atoms with Crippen LogP contribution in [0.25, 0.3) is 0 Å². The molecule has 118 valence electrons. The normalized spacial score (nSPS) is 22.0. The molecule has 1 heterocycles. The van der Waals surface area contributed by atoms with Gasteiger partial charge in [-0.3, -0.25) is 4.90 Å². The maximum atomic E-state index is 13.6. The van der Waals surface area contributed by atoms with Gasteiger partial charge < -0.3 is 5.73 Å². The summed E-state index contributed by atoms with van der Waals surface area (Å²) >= 11 is 3.55. The van der Waals surface area contributed by atoms with Crippen LogP contribution in [0.15, 0.2) is 22.7 Å².